The molecule has 0 fully saturated rings. The summed E-state index contributed by atoms with van der Waals surface area (Å²) in [6, 6.07) is 1.93. The molecule has 0 aromatic rings. The lowest BCUT2D eigenvalue weighted by Gasteiger charge is -2.23. The highest BCUT2D eigenvalue weighted by atomic mass is 32.2. The van der Waals surface area contributed by atoms with Crippen LogP contribution >= 0.6 is 0 Å². The molecular weight excluding hydrogens is 214 g/mol. The van der Waals surface area contributed by atoms with Gasteiger partial charge in [-0.25, -0.2) is 4.72 Å². The van der Waals surface area contributed by atoms with Gasteiger partial charge in [-0.1, -0.05) is 0 Å². The van der Waals surface area contributed by atoms with Gasteiger partial charge in [-0.05, 0) is 27.7 Å². The second-order valence-corrected chi connectivity index (χ2v) is 6.25. The Labute approximate surface area is 92.3 Å². The summed E-state index contributed by atoms with van der Waals surface area (Å²) in [5.74, 6) is 0. The first-order chi connectivity index (χ1) is 6.62. The van der Waals surface area contributed by atoms with Gasteiger partial charge in [0.25, 0.3) is 10.2 Å². The third-order valence-corrected chi connectivity index (χ3v) is 3.79. The number of nitriles is 1. The molecule has 0 heterocycles. The highest BCUT2D eigenvalue weighted by Crippen LogP contribution is 2.12. The van der Waals surface area contributed by atoms with Crippen molar-refractivity contribution in [3.05, 3.63) is 0 Å². The normalized spacial score (nSPS) is 13.2. The van der Waals surface area contributed by atoms with Crippen LogP contribution in [0.1, 0.15) is 27.7 Å². The maximum atomic E-state index is 11.6. The molecule has 5 nitrogen and oxygen atoms in total. The molecule has 0 rings (SSSR count). The lowest BCUT2D eigenvalue weighted by atomic mass is 9.97. The number of rotatable bonds is 5. The second kappa shape index (κ2) is 4.92. The van der Waals surface area contributed by atoms with Gasteiger partial charge in [0.1, 0.15) is 0 Å². The van der Waals surface area contributed by atoms with Crippen LogP contribution in [0.25, 0.3) is 0 Å². The Morgan fingerprint density at radius 2 is 1.93 bits per heavy atom. The summed E-state index contributed by atoms with van der Waals surface area (Å²) in [7, 11) is -1.96. The number of hydrogen-bond donors (Lipinski definition) is 1. The summed E-state index contributed by atoms with van der Waals surface area (Å²) in [5.41, 5.74) is -0.690. The van der Waals surface area contributed by atoms with Crippen LogP contribution in [0.4, 0.5) is 0 Å². The highest BCUT2D eigenvalue weighted by Gasteiger charge is 2.24. The van der Waals surface area contributed by atoms with Crippen LogP contribution < -0.4 is 4.72 Å². The van der Waals surface area contributed by atoms with Gasteiger partial charge >= 0.3 is 0 Å². The van der Waals surface area contributed by atoms with E-state index in [4.69, 9.17) is 5.26 Å². The second-order valence-electron chi connectivity index (χ2n) is 4.43. The first-order valence-electron chi connectivity index (χ1n) is 4.76. The van der Waals surface area contributed by atoms with Crippen molar-refractivity contribution < 1.29 is 8.42 Å². The molecule has 88 valence electrons. The van der Waals surface area contributed by atoms with E-state index in [0.717, 1.165) is 0 Å². The predicted molar refractivity (Wildman–Crippen MR) is 59.2 cm³/mol. The molecular formula is C9H19N3O2S. The Hall–Kier alpha value is -0.640. The van der Waals surface area contributed by atoms with Crippen LogP contribution in [0.5, 0.6) is 0 Å². The Morgan fingerprint density at radius 1 is 1.47 bits per heavy atom. The molecule has 0 saturated carbocycles. The largest absolute Gasteiger partial charge is 0.279 e. The fourth-order valence-electron chi connectivity index (χ4n) is 0.691. The fraction of sp³-hybridized carbons (Fsp3) is 0.889. The quantitative estimate of drug-likeness (QED) is 0.760. The molecule has 0 unspecified atom stereocenters. The molecule has 0 amide bonds. The molecule has 0 aromatic carbocycles. The van der Waals surface area contributed by atoms with Crippen LogP contribution in [-0.2, 0) is 10.2 Å². The van der Waals surface area contributed by atoms with E-state index in [1.54, 1.807) is 27.7 Å². The molecule has 0 aliphatic rings. The Morgan fingerprint density at radius 3 is 2.27 bits per heavy atom. The Kier molecular flexibility index (Phi) is 4.71. The minimum Gasteiger partial charge on any atom is -0.201 e. The third kappa shape index (κ3) is 4.60. The van der Waals surface area contributed by atoms with Crippen molar-refractivity contribution in [1.29, 1.82) is 5.26 Å². The van der Waals surface area contributed by atoms with E-state index >= 15 is 0 Å². The van der Waals surface area contributed by atoms with Crippen molar-refractivity contribution in [1.82, 2.24) is 9.03 Å². The van der Waals surface area contributed by atoms with E-state index in [9.17, 15) is 8.42 Å². The van der Waals surface area contributed by atoms with E-state index in [1.807, 2.05) is 6.07 Å². The molecule has 0 spiro atoms. The zero-order valence-electron chi connectivity index (χ0n) is 9.90. The molecule has 0 saturated heterocycles. The van der Waals surface area contributed by atoms with Gasteiger partial charge < -0.3 is 0 Å². The van der Waals surface area contributed by atoms with Crippen molar-refractivity contribution in [2.24, 2.45) is 5.41 Å². The van der Waals surface area contributed by atoms with Crippen molar-refractivity contribution in [3.63, 3.8) is 0 Å². The smallest absolute Gasteiger partial charge is 0.201 e. The first-order valence-corrected chi connectivity index (χ1v) is 6.20. The van der Waals surface area contributed by atoms with Crippen LogP contribution in [-0.4, -0.2) is 32.4 Å². The maximum Gasteiger partial charge on any atom is 0.279 e. The Bertz CT molecular complexity index is 341. The van der Waals surface area contributed by atoms with Gasteiger partial charge in [0.05, 0.1) is 11.5 Å². The lowest BCUT2D eigenvalue weighted by molar-refractivity contribution is 0.392. The number of nitrogens with one attached hydrogen (secondary N) is 1. The number of nitrogens with zero attached hydrogens (tertiary/aromatic N) is 2. The average molecular weight is 233 g/mol. The third-order valence-electron chi connectivity index (χ3n) is 2.11. The van der Waals surface area contributed by atoms with Gasteiger partial charge in [-0.2, -0.15) is 18.0 Å². The molecule has 1 N–H and O–H groups in total. The summed E-state index contributed by atoms with van der Waals surface area (Å²) in [4.78, 5) is 0. The molecule has 0 aliphatic carbocycles. The van der Waals surface area contributed by atoms with Crippen molar-refractivity contribution in [3.8, 4) is 6.07 Å². The predicted octanol–water partition coefficient (Wildman–Crippen LogP) is 0.711. The summed E-state index contributed by atoms with van der Waals surface area (Å²) in [6.07, 6.45) is 0. The summed E-state index contributed by atoms with van der Waals surface area (Å²) in [5, 5.41) is 8.74. The zero-order chi connectivity index (χ0) is 12.3. The maximum absolute atomic E-state index is 11.6. The van der Waals surface area contributed by atoms with E-state index in [0.29, 0.717) is 0 Å². The van der Waals surface area contributed by atoms with Gasteiger partial charge in [0, 0.05) is 19.6 Å². The first kappa shape index (κ1) is 14.4. The molecule has 0 aliphatic heterocycles. The van der Waals surface area contributed by atoms with E-state index in [-0.39, 0.29) is 12.6 Å². The van der Waals surface area contributed by atoms with E-state index < -0.39 is 15.6 Å². The van der Waals surface area contributed by atoms with Crippen molar-refractivity contribution in [2.45, 2.75) is 33.7 Å². The minimum absolute atomic E-state index is 0.104. The molecule has 0 aromatic heterocycles. The molecule has 0 atom stereocenters. The van der Waals surface area contributed by atoms with Crippen LogP contribution in [0.3, 0.4) is 0 Å². The average Bonchev–Trinajstić information content (AvgIpc) is 2.14. The van der Waals surface area contributed by atoms with Crippen LogP contribution in [0, 0.1) is 16.7 Å². The highest BCUT2D eigenvalue weighted by molar-refractivity contribution is 7.87. The molecule has 6 heteroatoms. The SMILES string of the molecule is CC(C)N(C)S(=O)(=O)NCC(C)(C)C#N. The van der Waals surface area contributed by atoms with Crippen LogP contribution in [0.2, 0.25) is 0 Å². The monoisotopic (exact) mass is 233 g/mol. The van der Waals surface area contributed by atoms with Gasteiger partial charge in [0.2, 0.25) is 0 Å². The fourth-order valence-corrected chi connectivity index (χ4v) is 1.99. The van der Waals surface area contributed by atoms with Crippen molar-refractivity contribution in [2.75, 3.05) is 13.6 Å². The van der Waals surface area contributed by atoms with Crippen LogP contribution in [0.15, 0.2) is 0 Å². The molecule has 0 bridgehead atoms. The summed E-state index contributed by atoms with van der Waals surface area (Å²) >= 11 is 0. The topological polar surface area (TPSA) is 73.2 Å². The standard InChI is InChI=1S/C9H19N3O2S/c1-8(2)12(5)15(13,14)11-7-9(3,4)6-10/h8,11H,7H2,1-5H3. The summed E-state index contributed by atoms with van der Waals surface area (Å²) in [6.45, 7) is 7.06. The van der Waals surface area contributed by atoms with Gasteiger partial charge in [0.15, 0.2) is 0 Å². The van der Waals surface area contributed by atoms with Gasteiger partial charge in [-0.15, -0.1) is 0 Å². The molecule has 0 radical (unpaired) electrons. The van der Waals surface area contributed by atoms with Crippen molar-refractivity contribution >= 4 is 10.2 Å². The summed E-state index contributed by atoms with van der Waals surface area (Å²) < 4.78 is 26.9. The minimum atomic E-state index is -3.47. The molecule has 15 heavy (non-hydrogen) atoms. The lowest BCUT2D eigenvalue weighted by Crippen LogP contribution is -2.44. The number of hydrogen-bond acceptors (Lipinski definition) is 3. The van der Waals surface area contributed by atoms with E-state index in [1.165, 1.54) is 11.4 Å². The van der Waals surface area contributed by atoms with Gasteiger partial charge in [-0.3, -0.25) is 0 Å². The van der Waals surface area contributed by atoms with E-state index in [2.05, 4.69) is 4.72 Å². The Balaban J connectivity index is 4.50. The zero-order valence-corrected chi connectivity index (χ0v) is 10.7.